The molecule has 2 amide bonds. The number of hydrogen-bond acceptors (Lipinski definition) is 5. The zero-order chi connectivity index (χ0) is 24.8. The molecule has 8 nitrogen and oxygen atoms in total. The van der Waals surface area contributed by atoms with Crippen molar-refractivity contribution in [3.8, 4) is 0 Å². The summed E-state index contributed by atoms with van der Waals surface area (Å²) in [5.74, 6) is 0.0353. The van der Waals surface area contributed by atoms with Crippen LogP contribution in [0, 0.1) is 0 Å². The van der Waals surface area contributed by atoms with E-state index in [9.17, 15) is 9.59 Å². The molecule has 4 rings (SSSR count). The molecule has 2 heterocycles. The Morgan fingerprint density at radius 1 is 1.03 bits per heavy atom. The molecule has 1 aromatic heterocycles. The minimum absolute atomic E-state index is 0.00656. The number of piperazine rings is 1. The van der Waals surface area contributed by atoms with Crippen molar-refractivity contribution in [3.63, 3.8) is 0 Å². The Labute approximate surface area is 207 Å². The number of hydrogen-bond donors (Lipinski definition) is 2. The Morgan fingerprint density at radius 2 is 1.77 bits per heavy atom. The highest BCUT2D eigenvalue weighted by molar-refractivity contribution is 6.10. The van der Waals surface area contributed by atoms with Gasteiger partial charge in [0.1, 0.15) is 0 Å². The lowest BCUT2D eigenvalue weighted by molar-refractivity contribution is -0.124. The fourth-order valence-electron chi connectivity index (χ4n) is 4.90. The van der Waals surface area contributed by atoms with E-state index in [1.807, 2.05) is 13.0 Å². The first-order valence-corrected chi connectivity index (χ1v) is 12.6. The largest absolute Gasteiger partial charge is 0.385 e. The van der Waals surface area contributed by atoms with Crippen molar-refractivity contribution < 1.29 is 14.3 Å². The van der Waals surface area contributed by atoms with Gasteiger partial charge in [0.15, 0.2) is 0 Å². The fraction of sp³-hybridized carbons (Fsp3) is 0.481. The first kappa shape index (κ1) is 25.2. The van der Waals surface area contributed by atoms with Crippen LogP contribution in [0.25, 0.3) is 21.8 Å². The zero-order valence-electron chi connectivity index (χ0n) is 21.0. The molecule has 35 heavy (non-hydrogen) atoms. The molecule has 1 atom stereocenters. The Hall–Kier alpha value is -2.94. The predicted molar refractivity (Wildman–Crippen MR) is 141 cm³/mol. The number of para-hydroxylation sites is 1. The minimum Gasteiger partial charge on any atom is -0.385 e. The second-order valence-electron chi connectivity index (χ2n) is 9.17. The maximum absolute atomic E-state index is 13.1. The summed E-state index contributed by atoms with van der Waals surface area (Å²) >= 11 is 0. The monoisotopic (exact) mass is 479 g/mol. The van der Waals surface area contributed by atoms with Crippen molar-refractivity contribution in [2.24, 2.45) is 0 Å². The summed E-state index contributed by atoms with van der Waals surface area (Å²) in [6, 6.07) is 14.3. The van der Waals surface area contributed by atoms with Crippen LogP contribution in [0.2, 0.25) is 0 Å². The van der Waals surface area contributed by atoms with Crippen molar-refractivity contribution >= 4 is 39.3 Å². The maximum Gasteiger partial charge on any atom is 0.241 e. The summed E-state index contributed by atoms with van der Waals surface area (Å²) in [5.41, 5.74) is 3.21. The maximum atomic E-state index is 13.1. The molecule has 1 aliphatic heterocycles. The molecule has 0 radical (unpaired) electrons. The van der Waals surface area contributed by atoms with Crippen molar-refractivity contribution in [3.05, 3.63) is 42.5 Å². The lowest BCUT2D eigenvalue weighted by atomic mass is 10.1. The third-order valence-corrected chi connectivity index (χ3v) is 6.90. The number of rotatable bonds is 10. The molecule has 0 unspecified atom stereocenters. The van der Waals surface area contributed by atoms with E-state index < -0.39 is 0 Å². The number of aromatic nitrogens is 1. The van der Waals surface area contributed by atoms with Crippen LogP contribution in [-0.2, 0) is 20.9 Å². The molecule has 188 valence electrons. The summed E-state index contributed by atoms with van der Waals surface area (Å²) in [4.78, 5) is 29.5. The van der Waals surface area contributed by atoms with Gasteiger partial charge in [0.25, 0.3) is 0 Å². The van der Waals surface area contributed by atoms with Crippen LogP contribution in [-0.4, -0.2) is 85.2 Å². The van der Waals surface area contributed by atoms with Crippen molar-refractivity contribution in [1.29, 1.82) is 0 Å². The number of amides is 2. The van der Waals surface area contributed by atoms with Crippen LogP contribution in [0.4, 0.5) is 5.69 Å². The SMILES string of the molecule is CCn1c2ccccc2c2cc(NC(=O)[C@H](C)N3CCN(CC(=O)NCCCOC)CC3)ccc21. The minimum atomic E-state index is -0.243. The van der Waals surface area contributed by atoms with Gasteiger partial charge in [-0.1, -0.05) is 18.2 Å². The van der Waals surface area contributed by atoms with Gasteiger partial charge in [-0.3, -0.25) is 19.4 Å². The molecule has 3 aromatic rings. The highest BCUT2D eigenvalue weighted by Crippen LogP contribution is 2.31. The van der Waals surface area contributed by atoms with E-state index in [-0.39, 0.29) is 17.9 Å². The van der Waals surface area contributed by atoms with E-state index in [0.717, 1.165) is 50.2 Å². The molecule has 1 aliphatic rings. The molecule has 0 spiro atoms. The van der Waals surface area contributed by atoms with Crippen LogP contribution in [0.1, 0.15) is 20.3 Å². The molecule has 2 aromatic carbocycles. The number of anilines is 1. The van der Waals surface area contributed by atoms with E-state index in [1.165, 1.54) is 16.4 Å². The predicted octanol–water partition coefficient (Wildman–Crippen LogP) is 2.91. The van der Waals surface area contributed by atoms with E-state index in [1.54, 1.807) is 7.11 Å². The molecular weight excluding hydrogens is 442 g/mol. The van der Waals surface area contributed by atoms with E-state index in [2.05, 4.69) is 68.3 Å². The topological polar surface area (TPSA) is 78.8 Å². The highest BCUT2D eigenvalue weighted by Gasteiger charge is 2.26. The molecule has 0 bridgehead atoms. The normalized spacial score (nSPS) is 16.0. The summed E-state index contributed by atoms with van der Waals surface area (Å²) in [7, 11) is 1.66. The molecule has 2 N–H and O–H groups in total. The van der Waals surface area contributed by atoms with Gasteiger partial charge >= 0.3 is 0 Å². The molecule has 0 aliphatic carbocycles. The number of methoxy groups -OCH3 is 1. The second-order valence-corrected chi connectivity index (χ2v) is 9.17. The standard InChI is InChI=1S/C27H37N5O3/c1-4-32-24-9-6-5-8-22(24)23-18-21(10-11-25(23)32)29-27(34)20(2)31-15-13-30(14-16-31)19-26(33)28-12-7-17-35-3/h5-6,8-11,18,20H,4,7,12-17,19H2,1-3H3,(H,28,33)(H,29,34)/t20-/m0/s1. The Kier molecular flexibility index (Phi) is 8.38. The number of carbonyl (C=O) groups is 2. The van der Waals surface area contributed by atoms with Crippen molar-refractivity contribution in [1.82, 2.24) is 19.7 Å². The third-order valence-electron chi connectivity index (χ3n) is 6.90. The smallest absolute Gasteiger partial charge is 0.241 e. The van der Waals surface area contributed by atoms with E-state index in [4.69, 9.17) is 4.74 Å². The third kappa shape index (κ3) is 5.83. The number of carbonyl (C=O) groups excluding carboxylic acids is 2. The number of benzene rings is 2. The zero-order valence-corrected chi connectivity index (χ0v) is 21.0. The number of nitrogens with zero attached hydrogens (tertiary/aromatic N) is 3. The van der Waals surface area contributed by atoms with Gasteiger partial charge in [0.05, 0.1) is 12.6 Å². The second kappa shape index (κ2) is 11.7. The van der Waals surface area contributed by atoms with E-state index >= 15 is 0 Å². The van der Waals surface area contributed by atoms with Crippen molar-refractivity contribution in [2.75, 3.05) is 58.3 Å². The molecule has 0 saturated carbocycles. The molecule has 8 heteroatoms. The van der Waals surface area contributed by atoms with Gasteiger partial charge < -0.3 is 19.9 Å². The van der Waals surface area contributed by atoms with Crippen LogP contribution in [0.15, 0.2) is 42.5 Å². The first-order chi connectivity index (χ1) is 17.0. The van der Waals surface area contributed by atoms with Crippen LogP contribution in [0.3, 0.4) is 0 Å². The average molecular weight is 480 g/mol. The van der Waals surface area contributed by atoms with Gasteiger partial charge in [0.2, 0.25) is 11.8 Å². The number of nitrogens with one attached hydrogen (secondary N) is 2. The lowest BCUT2D eigenvalue weighted by Gasteiger charge is -2.37. The number of ether oxygens (including phenoxy) is 1. The molecule has 1 saturated heterocycles. The Bertz CT molecular complexity index is 1170. The highest BCUT2D eigenvalue weighted by atomic mass is 16.5. The molecule has 1 fully saturated rings. The van der Waals surface area contributed by atoms with Gasteiger partial charge in [-0.25, -0.2) is 0 Å². The van der Waals surface area contributed by atoms with Crippen LogP contribution >= 0.6 is 0 Å². The van der Waals surface area contributed by atoms with Gasteiger partial charge in [-0.05, 0) is 44.5 Å². The van der Waals surface area contributed by atoms with E-state index in [0.29, 0.717) is 19.7 Å². The van der Waals surface area contributed by atoms with Gasteiger partial charge in [0, 0.05) is 80.5 Å². The Balaban J connectivity index is 1.32. The van der Waals surface area contributed by atoms with Gasteiger partial charge in [-0.2, -0.15) is 0 Å². The van der Waals surface area contributed by atoms with Crippen LogP contribution in [0.5, 0.6) is 0 Å². The quantitative estimate of drug-likeness (QED) is 0.437. The van der Waals surface area contributed by atoms with Gasteiger partial charge in [-0.15, -0.1) is 0 Å². The summed E-state index contributed by atoms with van der Waals surface area (Å²) in [6.07, 6.45) is 0.816. The number of aryl methyl sites for hydroxylation is 1. The summed E-state index contributed by atoms with van der Waals surface area (Å²) < 4.78 is 7.31. The summed E-state index contributed by atoms with van der Waals surface area (Å²) in [5, 5.41) is 8.41. The fourth-order valence-corrected chi connectivity index (χ4v) is 4.90. The number of fused-ring (bicyclic) bond motifs is 3. The lowest BCUT2D eigenvalue weighted by Crippen LogP contribution is -2.54. The first-order valence-electron chi connectivity index (χ1n) is 12.6. The summed E-state index contributed by atoms with van der Waals surface area (Å²) in [6.45, 7) is 9.73. The van der Waals surface area contributed by atoms with Crippen LogP contribution < -0.4 is 10.6 Å². The molecular formula is C27H37N5O3. The van der Waals surface area contributed by atoms with Crippen molar-refractivity contribution in [2.45, 2.75) is 32.9 Å². The Morgan fingerprint density at radius 3 is 2.51 bits per heavy atom. The average Bonchev–Trinajstić information content (AvgIpc) is 3.19.